The molecule has 236 valence electrons. The maximum Gasteiger partial charge on any atom is 0.331 e. The fourth-order valence-corrected chi connectivity index (χ4v) is 5.62. The summed E-state index contributed by atoms with van der Waals surface area (Å²) in [5.74, 6) is 0.726. The number of likely N-dealkylation sites (N-methyl/N-ethyl adjacent to an activating group) is 1. The maximum absolute atomic E-state index is 13.1. The van der Waals surface area contributed by atoms with E-state index < -0.39 is 6.03 Å². The monoisotopic (exact) mass is 624 g/mol. The normalized spacial score (nSPS) is 19.8. The average Bonchev–Trinajstić information content (AvgIpc) is 3.96. The van der Waals surface area contributed by atoms with Gasteiger partial charge in [-0.2, -0.15) is 9.97 Å². The number of ether oxygens (including phenoxy) is 1. The van der Waals surface area contributed by atoms with Crippen molar-refractivity contribution in [2.75, 3.05) is 35.7 Å². The summed E-state index contributed by atoms with van der Waals surface area (Å²) in [5.41, 5.74) is 3.70. The Morgan fingerprint density at radius 3 is 2.65 bits per heavy atom. The molecule has 2 aliphatic carbocycles. The van der Waals surface area contributed by atoms with Gasteiger partial charge in [-0.15, -0.1) is 0 Å². The summed E-state index contributed by atoms with van der Waals surface area (Å²) in [4.78, 5) is 74.1. The van der Waals surface area contributed by atoms with Gasteiger partial charge < -0.3 is 19.8 Å². The Morgan fingerprint density at radius 2 is 1.93 bits per heavy atom. The highest BCUT2D eigenvalue weighted by molar-refractivity contribution is 6.13. The number of aromatic nitrogens is 6. The molecule has 46 heavy (non-hydrogen) atoms. The zero-order valence-corrected chi connectivity index (χ0v) is 25.5. The van der Waals surface area contributed by atoms with Crippen LogP contribution in [0.25, 0.3) is 5.65 Å². The Labute approximate surface area is 263 Å². The van der Waals surface area contributed by atoms with Gasteiger partial charge in [-0.3, -0.25) is 24.2 Å². The molecular weight excluding hydrogens is 592 g/mol. The van der Waals surface area contributed by atoms with Crippen LogP contribution in [0, 0.1) is 12.8 Å². The standard InChI is InChI=1S/C31H32N10O5/c1-16-6-7-32-27(33-16)20-11-21(20)29(44)36-25-12-24(37-30(38-25)46-9-8-42)34-17(2)22-14-40-13-19(18-4-5-18)10-23(28(40)35-22)41-15-26(43)39(3)31(41)45/h6-8,10,12-14,17-18,20-21H,4-5,9,11,15H2,1-3H3,(H2,34,36,37,38,44)/t17-,20?,21?/m1/s1. The lowest BCUT2D eigenvalue weighted by Crippen LogP contribution is -2.30. The minimum Gasteiger partial charge on any atom is -0.456 e. The number of nitrogens with zero attached hydrogens (tertiary/aromatic N) is 8. The fraction of sp³-hybridized carbons (Fsp3) is 0.387. The van der Waals surface area contributed by atoms with Crippen LogP contribution in [0.1, 0.15) is 66.8 Å². The number of hydrogen-bond donors (Lipinski definition) is 2. The van der Waals surface area contributed by atoms with Crippen LogP contribution >= 0.6 is 0 Å². The second-order valence-corrected chi connectivity index (χ2v) is 11.9. The number of rotatable bonds is 11. The molecular formula is C31H32N10O5. The molecule has 4 aromatic rings. The molecule has 1 saturated heterocycles. The summed E-state index contributed by atoms with van der Waals surface area (Å²) in [5, 5.41) is 6.13. The summed E-state index contributed by atoms with van der Waals surface area (Å²) >= 11 is 0. The van der Waals surface area contributed by atoms with Gasteiger partial charge >= 0.3 is 12.0 Å². The Balaban J connectivity index is 1.13. The molecule has 0 bridgehead atoms. The molecule has 2 saturated carbocycles. The molecule has 7 rings (SSSR count). The maximum atomic E-state index is 13.1. The third kappa shape index (κ3) is 5.71. The van der Waals surface area contributed by atoms with Crippen LogP contribution in [0.4, 0.5) is 22.1 Å². The predicted molar refractivity (Wildman–Crippen MR) is 165 cm³/mol. The van der Waals surface area contributed by atoms with E-state index in [0.717, 1.165) is 29.0 Å². The summed E-state index contributed by atoms with van der Waals surface area (Å²) in [6.07, 6.45) is 8.93. The number of pyridine rings is 1. The van der Waals surface area contributed by atoms with E-state index in [2.05, 4.69) is 30.6 Å². The number of aldehydes is 1. The number of aryl methyl sites for hydroxylation is 1. The van der Waals surface area contributed by atoms with Crippen molar-refractivity contribution in [1.29, 1.82) is 0 Å². The lowest BCUT2D eigenvalue weighted by atomic mass is 10.1. The second-order valence-electron chi connectivity index (χ2n) is 11.9. The van der Waals surface area contributed by atoms with E-state index in [1.165, 1.54) is 11.9 Å². The van der Waals surface area contributed by atoms with Gasteiger partial charge in [-0.25, -0.2) is 19.7 Å². The van der Waals surface area contributed by atoms with Crippen LogP contribution in [0.3, 0.4) is 0 Å². The molecule has 3 atom stereocenters. The number of amides is 4. The number of carbonyl (C=O) groups is 4. The highest BCUT2D eigenvalue weighted by atomic mass is 16.5. The number of carbonyl (C=O) groups excluding carboxylic acids is 4. The quantitative estimate of drug-likeness (QED) is 0.185. The van der Waals surface area contributed by atoms with Crippen molar-refractivity contribution < 1.29 is 23.9 Å². The third-order valence-electron chi connectivity index (χ3n) is 8.41. The number of urea groups is 1. The highest BCUT2D eigenvalue weighted by Gasteiger charge is 2.46. The van der Waals surface area contributed by atoms with Crippen molar-refractivity contribution in [3.8, 4) is 6.01 Å². The molecule has 3 aliphatic rings. The van der Waals surface area contributed by atoms with Gasteiger partial charge in [0.15, 0.2) is 11.9 Å². The van der Waals surface area contributed by atoms with Crippen LogP contribution in [0.2, 0.25) is 0 Å². The zero-order valence-electron chi connectivity index (χ0n) is 25.5. The fourth-order valence-electron chi connectivity index (χ4n) is 5.62. The van der Waals surface area contributed by atoms with Crippen molar-refractivity contribution in [3.63, 3.8) is 0 Å². The van der Waals surface area contributed by atoms with Crippen LogP contribution in [0.15, 0.2) is 36.8 Å². The molecule has 2 unspecified atom stereocenters. The lowest BCUT2D eigenvalue weighted by molar-refractivity contribution is -0.124. The van der Waals surface area contributed by atoms with Crippen molar-refractivity contribution in [2.45, 2.75) is 51.0 Å². The predicted octanol–water partition coefficient (Wildman–Crippen LogP) is 2.99. The first-order valence-corrected chi connectivity index (χ1v) is 15.1. The molecule has 15 heteroatoms. The molecule has 0 aromatic carbocycles. The van der Waals surface area contributed by atoms with Crippen LogP contribution in [0.5, 0.6) is 6.01 Å². The number of hydrogen-bond acceptors (Lipinski definition) is 11. The molecule has 4 aromatic heterocycles. The molecule has 2 N–H and O–H groups in total. The van der Waals surface area contributed by atoms with Gasteiger partial charge in [0, 0.05) is 49.2 Å². The molecule has 1 aliphatic heterocycles. The average molecular weight is 625 g/mol. The molecule has 0 radical (unpaired) electrons. The summed E-state index contributed by atoms with van der Waals surface area (Å²) in [6, 6.07) is 4.49. The Kier molecular flexibility index (Phi) is 7.29. The Hall–Kier alpha value is -5.47. The van der Waals surface area contributed by atoms with E-state index in [9.17, 15) is 19.2 Å². The number of anilines is 3. The van der Waals surface area contributed by atoms with E-state index in [0.29, 0.717) is 47.3 Å². The minimum atomic E-state index is -0.391. The van der Waals surface area contributed by atoms with E-state index in [1.54, 1.807) is 12.3 Å². The summed E-state index contributed by atoms with van der Waals surface area (Å²) in [7, 11) is 1.47. The number of nitrogens with one attached hydrogen (secondary N) is 2. The highest BCUT2D eigenvalue weighted by Crippen LogP contribution is 2.46. The van der Waals surface area contributed by atoms with E-state index >= 15 is 0 Å². The van der Waals surface area contributed by atoms with E-state index in [-0.39, 0.29) is 54.7 Å². The topological polar surface area (TPSA) is 177 Å². The van der Waals surface area contributed by atoms with Gasteiger partial charge in [-0.1, -0.05) is 0 Å². The smallest absolute Gasteiger partial charge is 0.331 e. The van der Waals surface area contributed by atoms with Crippen LogP contribution < -0.4 is 20.3 Å². The molecule has 0 spiro atoms. The van der Waals surface area contributed by atoms with Crippen LogP contribution in [-0.2, 0) is 14.4 Å². The minimum absolute atomic E-state index is 0.0479. The molecule has 5 heterocycles. The SMILES string of the molecule is Cc1ccnc(C2CC2C(=O)Nc2cc(N[C@H](C)c3cn4cc(C5CC5)cc(N5CC(=O)N(C)C5=O)c4n3)nc(OCC=O)n2)n1. The molecule has 3 fully saturated rings. The van der Waals surface area contributed by atoms with Gasteiger partial charge in [0.2, 0.25) is 11.8 Å². The summed E-state index contributed by atoms with van der Waals surface area (Å²) < 4.78 is 7.27. The van der Waals surface area contributed by atoms with Crippen molar-refractivity contribution in [3.05, 3.63) is 59.6 Å². The van der Waals surface area contributed by atoms with Crippen molar-refractivity contribution in [2.24, 2.45) is 5.92 Å². The third-order valence-corrected chi connectivity index (χ3v) is 8.41. The first kappa shape index (κ1) is 29.3. The Morgan fingerprint density at radius 1 is 1.13 bits per heavy atom. The van der Waals surface area contributed by atoms with Gasteiger partial charge in [-0.05, 0) is 56.7 Å². The van der Waals surface area contributed by atoms with Gasteiger partial charge in [0.1, 0.15) is 30.6 Å². The molecule has 4 amide bonds. The zero-order chi connectivity index (χ0) is 32.1. The van der Waals surface area contributed by atoms with Crippen molar-refractivity contribution in [1.82, 2.24) is 34.2 Å². The van der Waals surface area contributed by atoms with Gasteiger partial charge in [0.25, 0.3) is 0 Å². The van der Waals surface area contributed by atoms with Crippen molar-refractivity contribution >= 4 is 47.1 Å². The molecule has 15 nitrogen and oxygen atoms in total. The summed E-state index contributed by atoms with van der Waals surface area (Å²) in [6.45, 7) is 3.47. The number of fused-ring (bicyclic) bond motifs is 1. The van der Waals surface area contributed by atoms with E-state index in [1.807, 2.05) is 42.8 Å². The second kappa shape index (κ2) is 11.5. The largest absolute Gasteiger partial charge is 0.456 e. The van der Waals surface area contributed by atoms with E-state index in [4.69, 9.17) is 9.72 Å². The number of imidazole rings is 1. The Bertz CT molecular complexity index is 1890. The first-order valence-electron chi connectivity index (χ1n) is 15.1. The van der Waals surface area contributed by atoms with Gasteiger partial charge in [0.05, 0.1) is 17.4 Å². The lowest BCUT2D eigenvalue weighted by Gasteiger charge is -2.17. The first-order chi connectivity index (χ1) is 22.2. The van der Waals surface area contributed by atoms with Crippen LogP contribution in [-0.4, -0.2) is 78.6 Å². The number of imide groups is 1.